The first kappa shape index (κ1) is 22.4. The molecule has 0 saturated carbocycles. The summed E-state index contributed by atoms with van der Waals surface area (Å²) in [6.45, 7) is 3.97. The number of hydrogen-bond donors (Lipinski definition) is 2. The highest BCUT2D eigenvalue weighted by molar-refractivity contribution is 7.99. The van der Waals surface area contributed by atoms with Crippen LogP contribution in [0.15, 0.2) is 47.6 Å². The highest BCUT2D eigenvalue weighted by Crippen LogP contribution is 2.20. The van der Waals surface area contributed by atoms with Crippen molar-refractivity contribution in [3.05, 3.63) is 59.4 Å². The Labute approximate surface area is 185 Å². The van der Waals surface area contributed by atoms with E-state index in [-0.39, 0.29) is 24.0 Å². The Kier molecular flexibility index (Phi) is 7.30. The van der Waals surface area contributed by atoms with Gasteiger partial charge in [0.25, 0.3) is 0 Å². The fraction of sp³-hybridized carbons (Fsp3) is 0.273. The van der Waals surface area contributed by atoms with Crippen molar-refractivity contribution in [2.75, 3.05) is 23.5 Å². The van der Waals surface area contributed by atoms with Gasteiger partial charge in [-0.15, -0.1) is 10.2 Å². The largest absolute Gasteiger partial charge is 0.497 e. The predicted molar refractivity (Wildman–Crippen MR) is 122 cm³/mol. The molecule has 0 unspecified atom stereocenters. The molecule has 31 heavy (non-hydrogen) atoms. The number of carbonyl (C=O) groups excluding carboxylic acids is 2. The summed E-state index contributed by atoms with van der Waals surface area (Å²) < 4.78 is 6.88. The monoisotopic (exact) mass is 439 g/mol. The van der Waals surface area contributed by atoms with Crippen molar-refractivity contribution in [2.45, 2.75) is 25.4 Å². The number of nitrogens with one attached hydrogen (secondary N) is 2. The van der Waals surface area contributed by atoms with Crippen LogP contribution in [0.5, 0.6) is 5.75 Å². The molecule has 0 bridgehead atoms. The SMILES string of the molecule is COc1cccc(NC(=O)Cc2nnc(SCC(=O)Nc3ccc(C)cc3C)n2C)c1. The number of ether oxygens (including phenoxy) is 1. The highest BCUT2D eigenvalue weighted by atomic mass is 32.2. The third-order valence-electron chi connectivity index (χ3n) is 4.59. The summed E-state index contributed by atoms with van der Waals surface area (Å²) in [7, 11) is 3.35. The third kappa shape index (κ3) is 6.08. The Bertz CT molecular complexity index is 1100. The molecule has 0 radical (unpaired) electrons. The van der Waals surface area contributed by atoms with E-state index in [2.05, 4.69) is 20.8 Å². The lowest BCUT2D eigenvalue weighted by molar-refractivity contribution is -0.116. The summed E-state index contributed by atoms with van der Waals surface area (Å²) in [5.74, 6) is 1.02. The molecule has 3 rings (SSSR count). The van der Waals surface area contributed by atoms with Gasteiger partial charge in [0.05, 0.1) is 19.3 Å². The third-order valence-corrected chi connectivity index (χ3v) is 5.61. The normalized spacial score (nSPS) is 10.6. The molecule has 1 aromatic heterocycles. The zero-order valence-electron chi connectivity index (χ0n) is 17.9. The first-order valence-electron chi connectivity index (χ1n) is 9.68. The van der Waals surface area contributed by atoms with Gasteiger partial charge < -0.3 is 19.9 Å². The minimum absolute atomic E-state index is 0.0655. The van der Waals surface area contributed by atoms with Gasteiger partial charge in [-0.25, -0.2) is 0 Å². The summed E-state index contributed by atoms with van der Waals surface area (Å²) >= 11 is 1.27. The zero-order chi connectivity index (χ0) is 22.4. The lowest BCUT2D eigenvalue weighted by Gasteiger charge is -2.09. The Balaban J connectivity index is 1.54. The van der Waals surface area contributed by atoms with Crippen molar-refractivity contribution in [2.24, 2.45) is 7.05 Å². The number of methoxy groups -OCH3 is 1. The second-order valence-corrected chi connectivity index (χ2v) is 8.01. The molecule has 2 amide bonds. The Hall–Kier alpha value is -3.33. The molecule has 2 aromatic carbocycles. The maximum absolute atomic E-state index is 12.4. The zero-order valence-corrected chi connectivity index (χ0v) is 18.7. The molecule has 0 atom stereocenters. The van der Waals surface area contributed by atoms with Crippen molar-refractivity contribution < 1.29 is 14.3 Å². The quantitative estimate of drug-likeness (QED) is 0.523. The molecule has 0 spiro atoms. The van der Waals surface area contributed by atoms with E-state index >= 15 is 0 Å². The van der Waals surface area contributed by atoms with Gasteiger partial charge in [0.2, 0.25) is 11.8 Å². The van der Waals surface area contributed by atoms with Crippen LogP contribution in [0.1, 0.15) is 17.0 Å². The smallest absolute Gasteiger partial charge is 0.234 e. The molecule has 0 fully saturated rings. The van der Waals surface area contributed by atoms with Crippen molar-refractivity contribution in [3.8, 4) is 5.75 Å². The van der Waals surface area contributed by atoms with Crippen molar-refractivity contribution >= 4 is 35.0 Å². The second-order valence-electron chi connectivity index (χ2n) is 7.07. The molecule has 0 saturated heterocycles. The number of aryl methyl sites for hydroxylation is 2. The molecular weight excluding hydrogens is 414 g/mol. The van der Waals surface area contributed by atoms with E-state index in [1.165, 1.54) is 11.8 Å². The fourth-order valence-corrected chi connectivity index (χ4v) is 3.67. The lowest BCUT2D eigenvalue weighted by Crippen LogP contribution is -2.17. The van der Waals surface area contributed by atoms with Crippen LogP contribution in [-0.4, -0.2) is 39.4 Å². The minimum atomic E-state index is -0.215. The minimum Gasteiger partial charge on any atom is -0.497 e. The molecular formula is C22H25N5O3S. The number of thioether (sulfide) groups is 1. The van der Waals surface area contributed by atoms with E-state index < -0.39 is 0 Å². The van der Waals surface area contributed by atoms with E-state index in [1.807, 2.05) is 32.0 Å². The molecule has 8 nitrogen and oxygen atoms in total. The van der Waals surface area contributed by atoms with Gasteiger partial charge in [0.15, 0.2) is 5.16 Å². The molecule has 0 aliphatic carbocycles. The van der Waals surface area contributed by atoms with E-state index in [9.17, 15) is 9.59 Å². The lowest BCUT2D eigenvalue weighted by atomic mass is 10.1. The van der Waals surface area contributed by atoms with Gasteiger partial charge >= 0.3 is 0 Å². The van der Waals surface area contributed by atoms with Crippen molar-refractivity contribution in [1.82, 2.24) is 14.8 Å². The topological polar surface area (TPSA) is 98.1 Å². The fourth-order valence-electron chi connectivity index (χ4n) is 2.94. The van der Waals surface area contributed by atoms with Crippen molar-refractivity contribution in [1.29, 1.82) is 0 Å². The van der Waals surface area contributed by atoms with Gasteiger partial charge in [0, 0.05) is 24.5 Å². The second kappa shape index (κ2) is 10.1. The average molecular weight is 440 g/mol. The van der Waals surface area contributed by atoms with Crippen LogP contribution in [0.4, 0.5) is 11.4 Å². The van der Waals surface area contributed by atoms with Crippen LogP contribution in [0.2, 0.25) is 0 Å². The van der Waals surface area contributed by atoms with Crippen LogP contribution in [-0.2, 0) is 23.1 Å². The van der Waals surface area contributed by atoms with E-state index in [4.69, 9.17) is 4.74 Å². The maximum atomic E-state index is 12.4. The van der Waals surface area contributed by atoms with Crippen LogP contribution in [0.3, 0.4) is 0 Å². The molecule has 9 heteroatoms. The molecule has 2 N–H and O–H groups in total. The van der Waals surface area contributed by atoms with E-state index in [0.717, 1.165) is 16.8 Å². The number of anilines is 2. The van der Waals surface area contributed by atoms with Crippen molar-refractivity contribution in [3.63, 3.8) is 0 Å². The molecule has 162 valence electrons. The van der Waals surface area contributed by atoms with Gasteiger partial charge in [-0.05, 0) is 37.6 Å². The van der Waals surface area contributed by atoms with Gasteiger partial charge in [-0.1, -0.05) is 35.5 Å². The summed E-state index contributed by atoms with van der Waals surface area (Å²) in [6.07, 6.45) is 0.0655. The Morgan fingerprint density at radius 3 is 2.61 bits per heavy atom. The summed E-state index contributed by atoms with van der Waals surface area (Å²) in [5.41, 5.74) is 3.60. The first-order valence-corrected chi connectivity index (χ1v) is 10.7. The van der Waals surface area contributed by atoms with Gasteiger partial charge in [-0.3, -0.25) is 9.59 Å². The molecule has 0 aliphatic rings. The molecule has 3 aromatic rings. The van der Waals surface area contributed by atoms with Gasteiger partial charge in [-0.2, -0.15) is 0 Å². The van der Waals surface area contributed by atoms with Crippen LogP contribution < -0.4 is 15.4 Å². The summed E-state index contributed by atoms with van der Waals surface area (Å²) in [6, 6.07) is 13.0. The Morgan fingerprint density at radius 2 is 1.87 bits per heavy atom. The number of hydrogen-bond acceptors (Lipinski definition) is 6. The maximum Gasteiger partial charge on any atom is 0.234 e. The van der Waals surface area contributed by atoms with Gasteiger partial charge in [0.1, 0.15) is 11.6 Å². The van der Waals surface area contributed by atoms with Crippen LogP contribution in [0.25, 0.3) is 0 Å². The first-order chi connectivity index (χ1) is 14.9. The summed E-state index contributed by atoms with van der Waals surface area (Å²) in [4.78, 5) is 24.7. The predicted octanol–water partition coefficient (Wildman–Crippen LogP) is 3.35. The molecule has 1 heterocycles. The number of rotatable bonds is 8. The Morgan fingerprint density at radius 1 is 1.06 bits per heavy atom. The van der Waals surface area contributed by atoms with E-state index in [1.54, 1.807) is 43.0 Å². The standard InChI is InChI=1S/C22H25N5O3S/c1-14-8-9-18(15(2)10-14)24-21(29)13-31-22-26-25-19(27(22)3)12-20(28)23-16-6-5-7-17(11-16)30-4/h5-11H,12-13H2,1-4H3,(H,23,28)(H,24,29). The van der Waals surface area contributed by atoms with Crippen LogP contribution in [0, 0.1) is 13.8 Å². The molecule has 0 aliphatic heterocycles. The number of aromatic nitrogens is 3. The number of nitrogens with zero attached hydrogens (tertiary/aromatic N) is 3. The average Bonchev–Trinajstić information content (AvgIpc) is 3.08. The number of amides is 2. The summed E-state index contributed by atoms with van der Waals surface area (Å²) in [5, 5.41) is 14.5. The number of benzene rings is 2. The number of carbonyl (C=O) groups is 2. The van der Waals surface area contributed by atoms with E-state index in [0.29, 0.717) is 22.4 Å². The van der Waals surface area contributed by atoms with Crippen LogP contribution >= 0.6 is 11.8 Å². The highest BCUT2D eigenvalue weighted by Gasteiger charge is 2.15.